The lowest BCUT2D eigenvalue weighted by molar-refractivity contribution is 0.0988. The van der Waals surface area contributed by atoms with Gasteiger partial charge in [0.1, 0.15) is 5.82 Å². The summed E-state index contributed by atoms with van der Waals surface area (Å²) in [5, 5.41) is 0.0314. The van der Waals surface area contributed by atoms with E-state index in [2.05, 4.69) is 6.07 Å². The lowest BCUT2D eigenvalue weighted by atomic mass is 9.94. The smallest absolute Gasteiger partial charge is 0.407 e. The fourth-order valence-corrected chi connectivity index (χ4v) is 8.81. The van der Waals surface area contributed by atoms with E-state index in [0.29, 0.717) is 17.4 Å². The Hall–Kier alpha value is -5.91. The molecule has 6 aromatic carbocycles. The Morgan fingerprint density at radius 2 is 1.06 bits per heavy atom. The molecule has 63 heavy (non-hydrogen) atoms. The number of benzene rings is 6. The zero-order valence-electron chi connectivity index (χ0n) is 33.9. The van der Waals surface area contributed by atoms with Crippen LogP contribution in [-0.2, 0) is 20.5 Å². The van der Waals surface area contributed by atoms with Crippen molar-refractivity contribution in [2.75, 3.05) is 5.73 Å². The number of nitrogens with zero attached hydrogens (tertiary/aromatic N) is 2. The van der Waals surface area contributed by atoms with Crippen LogP contribution in [0.1, 0.15) is 74.9 Å². The van der Waals surface area contributed by atoms with Crippen molar-refractivity contribution < 1.29 is 22.8 Å². The molecular weight excluding hydrogens is 887 g/mol. The molecule has 10 rings (SSSR count). The first-order valence-corrected chi connectivity index (χ1v) is 21.5. The van der Waals surface area contributed by atoms with Crippen LogP contribution in [0.15, 0.2) is 128 Å². The van der Waals surface area contributed by atoms with Gasteiger partial charge in [0.15, 0.2) is 16.9 Å². The number of hydrogen-bond acceptors (Lipinski definition) is 7. The van der Waals surface area contributed by atoms with Crippen LogP contribution in [0, 0.1) is 5.82 Å². The Bertz CT molecular complexity index is 3140. The summed E-state index contributed by atoms with van der Waals surface area (Å²) in [6.45, 7) is 0. The second kappa shape index (κ2) is 18.1. The van der Waals surface area contributed by atoms with Gasteiger partial charge in [-0.3, -0.25) is 18.7 Å². The summed E-state index contributed by atoms with van der Waals surface area (Å²) < 4.78 is 28.2. The number of rotatable bonds is 8. The number of fused-ring (bicyclic) bond motifs is 2. The molecule has 14 heteroatoms. The Morgan fingerprint density at radius 3 is 1.48 bits per heavy atom. The first kappa shape index (κ1) is 43.7. The van der Waals surface area contributed by atoms with Gasteiger partial charge in [-0.1, -0.05) is 95.5 Å². The minimum atomic E-state index is -0.638. The molecular formula is C49H38Cl4FN3O6. The van der Waals surface area contributed by atoms with Gasteiger partial charge in [0, 0.05) is 37.3 Å². The normalized spacial score (nSPS) is 13.3. The van der Waals surface area contributed by atoms with E-state index in [4.69, 9.17) is 61.0 Å². The molecule has 0 spiro atoms. The summed E-state index contributed by atoms with van der Waals surface area (Å²) in [4.78, 5) is 47.1. The van der Waals surface area contributed by atoms with Crippen LogP contribution < -0.4 is 17.2 Å². The molecule has 0 bridgehead atoms. The summed E-state index contributed by atoms with van der Waals surface area (Å²) in [5.41, 5.74) is 16.9. The standard InChI is InChI=1S/C25H19ClFNO3.C17H16N2O2.C7H3Cl3O/c1-28-20-12-11-17(22(16-9-10-16)24(20)31-25(28)30)15-7-5-14(6-8-15)13-21(29)23-18(26)3-2-4-19(23)27;1-19-14-9-8-13(10-4-6-12(18)7-5-10)15(11-2-3-11)16(14)21-17(19)20;8-4-2-1-3-5(9)6(4)7(10)11/h2-8,11-12,16H,9-10,13H2,1H3;4-9,11H,2-3,18H2,1H3;1-3H. The number of carbonyl (C=O) groups excluding carboxylic acids is 2. The van der Waals surface area contributed by atoms with E-state index in [1.807, 2.05) is 66.7 Å². The highest BCUT2D eigenvalue weighted by Crippen LogP contribution is 2.48. The molecule has 0 aliphatic heterocycles. The number of halogens is 5. The van der Waals surface area contributed by atoms with Crippen LogP contribution in [-0.4, -0.2) is 20.2 Å². The van der Waals surface area contributed by atoms with E-state index in [1.165, 1.54) is 22.8 Å². The summed E-state index contributed by atoms with van der Waals surface area (Å²) in [6.07, 6.45) is 4.50. The average molecular weight is 926 g/mol. The number of aryl methyl sites for hydroxylation is 2. The maximum Gasteiger partial charge on any atom is 0.419 e. The van der Waals surface area contributed by atoms with E-state index < -0.39 is 11.1 Å². The molecule has 0 radical (unpaired) electrons. The molecule has 2 aliphatic rings. The summed E-state index contributed by atoms with van der Waals surface area (Å²) in [6, 6.07) is 32.4. The minimum absolute atomic E-state index is 0.0585. The van der Waals surface area contributed by atoms with E-state index >= 15 is 0 Å². The lowest BCUT2D eigenvalue weighted by Gasteiger charge is -2.11. The van der Waals surface area contributed by atoms with Crippen LogP contribution in [0.3, 0.4) is 0 Å². The quantitative estimate of drug-likeness (QED) is 0.0912. The Kier molecular flexibility index (Phi) is 12.5. The van der Waals surface area contributed by atoms with Crippen LogP contribution in [0.5, 0.6) is 0 Å². The summed E-state index contributed by atoms with van der Waals surface area (Å²) >= 11 is 22.5. The van der Waals surface area contributed by atoms with Gasteiger partial charge in [0.2, 0.25) is 0 Å². The molecule has 0 atom stereocenters. The van der Waals surface area contributed by atoms with Gasteiger partial charge in [-0.2, -0.15) is 0 Å². The molecule has 2 N–H and O–H groups in total. The number of nitrogens with two attached hydrogens (primary N) is 1. The van der Waals surface area contributed by atoms with Crippen molar-refractivity contribution in [3.8, 4) is 22.3 Å². The predicted octanol–water partition coefficient (Wildman–Crippen LogP) is 12.5. The number of aromatic nitrogens is 2. The third-order valence-electron chi connectivity index (χ3n) is 11.2. The number of Topliss-reactive ketones (excluding diaryl/α,β-unsaturated/α-hetero) is 1. The highest BCUT2D eigenvalue weighted by molar-refractivity contribution is 6.69. The van der Waals surface area contributed by atoms with Crippen molar-refractivity contribution in [1.82, 2.24) is 9.13 Å². The third-order valence-corrected chi connectivity index (χ3v) is 12.4. The molecule has 0 saturated heterocycles. The zero-order chi connectivity index (χ0) is 44.7. The van der Waals surface area contributed by atoms with Crippen molar-refractivity contribution in [2.24, 2.45) is 14.1 Å². The van der Waals surface area contributed by atoms with Gasteiger partial charge in [-0.05, 0) is 125 Å². The van der Waals surface area contributed by atoms with Crippen molar-refractivity contribution in [1.29, 1.82) is 0 Å². The molecule has 9 nitrogen and oxygen atoms in total. The number of hydrogen-bond donors (Lipinski definition) is 1. The molecule has 0 amide bonds. The number of nitrogen functional groups attached to an aromatic ring is 1. The van der Waals surface area contributed by atoms with E-state index in [9.17, 15) is 23.6 Å². The predicted molar refractivity (Wildman–Crippen MR) is 248 cm³/mol. The Balaban J connectivity index is 0.000000146. The number of ketones is 1. The van der Waals surface area contributed by atoms with Crippen molar-refractivity contribution in [2.45, 2.75) is 43.9 Å². The lowest BCUT2D eigenvalue weighted by Crippen LogP contribution is -2.08. The van der Waals surface area contributed by atoms with E-state index in [-0.39, 0.29) is 49.9 Å². The van der Waals surface area contributed by atoms with Gasteiger partial charge >= 0.3 is 11.5 Å². The molecule has 2 heterocycles. The fraction of sp³-hybridized carbons (Fsp3) is 0.184. The topological polar surface area (TPSA) is 130 Å². The first-order valence-electron chi connectivity index (χ1n) is 20.0. The molecule has 2 fully saturated rings. The van der Waals surface area contributed by atoms with Crippen molar-refractivity contribution >= 4 is 85.3 Å². The largest absolute Gasteiger partial charge is 0.419 e. The third kappa shape index (κ3) is 9.13. The number of carbonyl (C=O) groups is 2. The Labute approximate surface area is 380 Å². The van der Waals surface area contributed by atoms with Gasteiger partial charge in [-0.25, -0.2) is 14.0 Å². The molecule has 2 aliphatic carbocycles. The molecule has 320 valence electrons. The molecule has 8 aromatic rings. The van der Waals surface area contributed by atoms with E-state index in [0.717, 1.165) is 86.9 Å². The number of anilines is 1. The molecule has 2 saturated carbocycles. The maximum atomic E-state index is 14.0. The summed E-state index contributed by atoms with van der Waals surface area (Å²) in [7, 11) is 3.45. The number of oxazole rings is 2. The maximum absolute atomic E-state index is 14.0. The second-order valence-electron chi connectivity index (χ2n) is 15.5. The van der Waals surface area contributed by atoms with Crippen LogP contribution >= 0.6 is 46.4 Å². The van der Waals surface area contributed by atoms with Gasteiger partial charge in [-0.15, -0.1) is 0 Å². The SMILES string of the molecule is Cn1c(=O)oc2c(C3CC3)c(-c3ccc(CC(=O)c4c(F)cccc4Cl)cc3)ccc21.Cn1c(=O)oc2c(C3CC3)c(-c3ccc(N)cc3)ccc21.O=C(Cl)c1c(Cl)cccc1Cl. The molecule has 0 unspecified atom stereocenters. The van der Waals surface area contributed by atoms with Gasteiger partial charge in [0.25, 0.3) is 5.24 Å². The highest BCUT2D eigenvalue weighted by Gasteiger charge is 2.32. The second-order valence-corrected chi connectivity index (χ2v) is 17.1. The average Bonchev–Trinajstić information content (AvgIpc) is 4.20. The zero-order valence-corrected chi connectivity index (χ0v) is 36.9. The fourth-order valence-electron chi connectivity index (χ4n) is 7.67. The summed E-state index contributed by atoms with van der Waals surface area (Å²) in [5.74, 6) is -0.764. The molecule has 2 aromatic heterocycles. The van der Waals surface area contributed by atoms with Crippen LogP contribution in [0.4, 0.5) is 10.1 Å². The van der Waals surface area contributed by atoms with Gasteiger partial charge < -0.3 is 14.6 Å². The van der Waals surface area contributed by atoms with Crippen LogP contribution in [0.2, 0.25) is 15.1 Å². The van der Waals surface area contributed by atoms with Crippen molar-refractivity contribution in [3.05, 3.63) is 179 Å². The van der Waals surface area contributed by atoms with E-state index in [1.54, 1.807) is 36.9 Å². The van der Waals surface area contributed by atoms with Crippen molar-refractivity contribution in [3.63, 3.8) is 0 Å². The first-order chi connectivity index (χ1) is 30.2. The Morgan fingerprint density at radius 1 is 0.635 bits per heavy atom. The van der Waals surface area contributed by atoms with Crippen LogP contribution in [0.25, 0.3) is 44.5 Å². The monoisotopic (exact) mass is 923 g/mol. The van der Waals surface area contributed by atoms with Gasteiger partial charge in [0.05, 0.1) is 37.2 Å². The minimum Gasteiger partial charge on any atom is -0.407 e. The highest BCUT2D eigenvalue weighted by atomic mass is 35.5.